The molecule has 1 fully saturated rings. The van der Waals surface area contributed by atoms with Crippen LogP contribution in [0.2, 0.25) is 0 Å². The number of halogens is 1. The second kappa shape index (κ2) is 8.11. The highest BCUT2D eigenvalue weighted by molar-refractivity contribution is 6.01. The van der Waals surface area contributed by atoms with E-state index in [4.69, 9.17) is 0 Å². The molecule has 2 aliphatic rings. The minimum atomic E-state index is -0.477. The third-order valence-corrected chi connectivity index (χ3v) is 6.22. The van der Waals surface area contributed by atoms with E-state index in [2.05, 4.69) is 0 Å². The summed E-state index contributed by atoms with van der Waals surface area (Å²) < 4.78 is 16.3. The third-order valence-electron chi connectivity index (χ3n) is 6.22. The molecule has 154 valence electrons. The number of hydrogen-bond donors (Lipinski definition) is 1. The number of nitrogens with zero attached hydrogens (tertiary/aromatic N) is 2. The number of rotatable bonds is 4. The molecule has 1 aliphatic carbocycles. The molecule has 29 heavy (non-hydrogen) atoms. The van der Waals surface area contributed by atoms with Crippen LogP contribution in [0.4, 0.5) is 4.39 Å². The number of carbonyl (C=O) groups excluding carboxylic acids is 2. The molecule has 6 heteroatoms. The molecule has 1 atom stereocenters. The summed E-state index contributed by atoms with van der Waals surface area (Å²) in [5.74, 6) is -0.254. The molecule has 0 saturated carbocycles. The SMILES string of the molecule is Cc1c(CC(=O)N2CCCC(O)C2)c2c(n1Cc1ccccc1F)CCCC2=O. The minimum Gasteiger partial charge on any atom is -0.391 e. The minimum absolute atomic E-state index is 0.0592. The summed E-state index contributed by atoms with van der Waals surface area (Å²) in [4.78, 5) is 27.4. The van der Waals surface area contributed by atoms with Crippen molar-refractivity contribution in [3.8, 4) is 0 Å². The van der Waals surface area contributed by atoms with E-state index in [1.54, 1.807) is 23.1 Å². The fraction of sp³-hybridized carbons (Fsp3) is 0.478. The predicted molar refractivity (Wildman–Crippen MR) is 107 cm³/mol. The Kier molecular flexibility index (Phi) is 5.54. The van der Waals surface area contributed by atoms with Gasteiger partial charge < -0.3 is 14.6 Å². The van der Waals surface area contributed by atoms with Gasteiger partial charge in [-0.25, -0.2) is 4.39 Å². The topological polar surface area (TPSA) is 62.5 Å². The lowest BCUT2D eigenvalue weighted by atomic mass is 9.91. The van der Waals surface area contributed by atoms with Crippen LogP contribution in [0, 0.1) is 12.7 Å². The highest BCUT2D eigenvalue weighted by Crippen LogP contribution is 2.32. The number of benzene rings is 1. The number of aliphatic hydroxyl groups is 1. The number of β-amino-alcohol motifs (C(OH)–C–C–N with tert-alkyl or cyclic N) is 1. The van der Waals surface area contributed by atoms with Gasteiger partial charge in [-0.15, -0.1) is 0 Å². The summed E-state index contributed by atoms with van der Waals surface area (Å²) in [6, 6.07) is 6.67. The van der Waals surface area contributed by atoms with Crippen LogP contribution in [0.1, 0.15) is 58.6 Å². The average molecular weight is 398 g/mol. The fourth-order valence-electron chi connectivity index (χ4n) is 4.66. The van der Waals surface area contributed by atoms with Gasteiger partial charge >= 0.3 is 0 Å². The van der Waals surface area contributed by atoms with Gasteiger partial charge in [-0.05, 0) is 44.2 Å². The van der Waals surface area contributed by atoms with E-state index in [-0.39, 0.29) is 23.9 Å². The van der Waals surface area contributed by atoms with E-state index in [0.717, 1.165) is 42.6 Å². The van der Waals surface area contributed by atoms with Crippen LogP contribution >= 0.6 is 0 Å². The van der Waals surface area contributed by atoms with Crippen molar-refractivity contribution in [2.75, 3.05) is 13.1 Å². The van der Waals surface area contributed by atoms with Crippen molar-refractivity contribution in [3.05, 3.63) is 58.2 Å². The fourth-order valence-corrected chi connectivity index (χ4v) is 4.66. The number of likely N-dealkylation sites (tertiary alicyclic amines) is 1. The Morgan fingerprint density at radius 1 is 1.24 bits per heavy atom. The molecule has 1 saturated heterocycles. The summed E-state index contributed by atoms with van der Waals surface area (Å²) in [6.07, 6.45) is 3.20. The van der Waals surface area contributed by atoms with E-state index >= 15 is 0 Å². The van der Waals surface area contributed by atoms with Crippen LogP contribution in [0.25, 0.3) is 0 Å². The maximum absolute atomic E-state index is 14.2. The van der Waals surface area contributed by atoms with Crippen LogP contribution in [-0.2, 0) is 24.2 Å². The average Bonchev–Trinajstić information content (AvgIpc) is 2.96. The molecule has 0 radical (unpaired) electrons. The molecule has 1 aliphatic heterocycles. The Hall–Kier alpha value is -2.47. The lowest BCUT2D eigenvalue weighted by molar-refractivity contribution is -0.133. The van der Waals surface area contributed by atoms with Crippen LogP contribution in [-0.4, -0.2) is 45.5 Å². The Morgan fingerprint density at radius 2 is 2.03 bits per heavy atom. The van der Waals surface area contributed by atoms with Crippen molar-refractivity contribution in [2.45, 2.75) is 58.1 Å². The van der Waals surface area contributed by atoms with Crippen molar-refractivity contribution in [2.24, 2.45) is 0 Å². The van der Waals surface area contributed by atoms with Crippen molar-refractivity contribution >= 4 is 11.7 Å². The number of aliphatic hydroxyl groups excluding tert-OH is 1. The highest BCUT2D eigenvalue weighted by Gasteiger charge is 2.31. The van der Waals surface area contributed by atoms with Crippen molar-refractivity contribution < 1.29 is 19.1 Å². The number of carbonyl (C=O) groups is 2. The van der Waals surface area contributed by atoms with Crippen LogP contribution in [0.3, 0.4) is 0 Å². The van der Waals surface area contributed by atoms with Gasteiger partial charge in [0.15, 0.2) is 5.78 Å². The van der Waals surface area contributed by atoms with Crippen LogP contribution in [0.15, 0.2) is 24.3 Å². The van der Waals surface area contributed by atoms with Gasteiger partial charge in [0.1, 0.15) is 5.82 Å². The zero-order valence-corrected chi connectivity index (χ0v) is 16.8. The molecule has 1 aromatic carbocycles. The first-order chi connectivity index (χ1) is 14.0. The summed E-state index contributed by atoms with van der Waals surface area (Å²) in [5, 5.41) is 9.89. The molecule has 0 bridgehead atoms. The summed E-state index contributed by atoms with van der Waals surface area (Å²) in [6.45, 7) is 3.26. The molecule has 2 aromatic rings. The molecule has 4 rings (SSSR count). The molecule has 0 spiro atoms. The Morgan fingerprint density at radius 3 is 2.79 bits per heavy atom. The lowest BCUT2D eigenvalue weighted by Crippen LogP contribution is -2.43. The number of ketones is 1. The molecule has 5 nitrogen and oxygen atoms in total. The smallest absolute Gasteiger partial charge is 0.227 e. The van der Waals surface area contributed by atoms with Crippen molar-refractivity contribution in [1.29, 1.82) is 0 Å². The van der Waals surface area contributed by atoms with Crippen LogP contribution < -0.4 is 0 Å². The lowest BCUT2D eigenvalue weighted by Gasteiger charge is -2.30. The van der Waals surface area contributed by atoms with Gasteiger partial charge in [0, 0.05) is 42.0 Å². The van der Waals surface area contributed by atoms with Gasteiger partial charge in [0.25, 0.3) is 0 Å². The first-order valence-electron chi connectivity index (χ1n) is 10.4. The van der Waals surface area contributed by atoms with E-state index < -0.39 is 6.10 Å². The zero-order chi connectivity index (χ0) is 20.5. The summed E-state index contributed by atoms with van der Waals surface area (Å²) in [5.41, 5.74) is 3.79. The van der Waals surface area contributed by atoms with Gasteiger partial charge in [-0.1, -0.05) is 18.2 Å². The largest absolute Gasteiger partial charge is 0.391 e. The highest BCUT2D eigenvalue weighted by atomic mass is 19.1. The normalized spacial score (nSPS) is 19.3. The van der Waals surface area contributed by atoms with Gasteiger partial charge in [-0.3, -0.25) is 9.59 Å². The number of amides is 1. The number of aromatic nitrogens is 1. The quantitative estimate of drug-likeness (QED) is 0.861. The predicted octanol–water partition coefficient (Wildman–Crippen LogP) is 3.03. The molecule has 2 heterocycles. The Balaban J connectivity index is 1.68. The van der Waals surface area contributed by atoms with E-state index in [9.17, 15) is 19.1 Å². The van der Waals surface area contributed by atoms with E-state index in [0.29, 0.717) is 37.2 Å². The first-order valence-corrected chi connectivity index (χ1v) is 10.4. The van der Waals surface area contributed by atoms with Crippen molar-refractivity contribution in [1.82, 2.24) is 9.47 Å². The third kappa shape index (κ3) is 3.86. The standard InChI is InChI=1S/C23H27FN2O3/c1-15-18(12-22(29)25-11-5-7-17(27)14-25)23-20(9-4-10-21(23)28)26(15)13-16-6-2-3-8-19(16)24/h2-3,6,8,17,27H,4-5,7,9-14H2,1H3. The summed E-state index contributed by atoms with van der Waals surface area (Å²) in [7, 11) is 0. The zero-order valence-electron chi connectivity index (χ0n) is 16.8. The first kappa shape index (κ1) is 19.8. The number of hydrogen-bond acceptors (Lipinski definition) is 3. The molecular weight excluding hydrogens is 371 g/mol. The van der Waals surface area contributed by atoms with Gasteiger partial charge in [0.2, 0.25) is 5.91 Å². The molecule has 1 amide bonds. The molecule has 1 N–H and O–H groups in total. The van der Waals surface area contributed by atoms with Crippen LogP contribution in [0.5, 0.6) is 0 Å². The number of piperidine rings is 1. The monoisotopic (exact) mass is 398 g/mol. The Labute approximate surface area is 170 Å². The van der Waals surface area contributed by atoms with Gasteiger partial charge in [0.05, 0.1) is 19.1 Å². The van der Waals surface area contributed by atoms with Gasteiger partial charge in [-0.2, -0.15) is 0 Å². The molecule has 1 unspecified atom stereocenters. The maximum Gasteiger partial charge on any atom is 0.227 e. The molecule has 1 aromatic heterocycles. The summed E-state index contributed by atoms with van der Waals surface area (Å²) >= 11 is 0. The van der Waals surface area contributed by atoms with E-state index in [1.807, 2.05) is 11.5 Å². The second-order valence-corrected chi connectivity index (χ2v) is 8.15. The molecular formula is C23H27FN2O3. The number of fused-ring (bicyclic) bond motifs is 1. The second-order valence-electron chi connectivity index (χ2n) is 8.15. The van der Waals surface area contributed by atoms with E-state index in [1.165, 1.54) is 6.07 Å². The maximum atomic E-state index is 14.2. The number of Topliss-reactive ketones (excluding diaryl/α,β-unsaturated/α-hetero) is 1. The Bertz CT molecular complexity index is 950. The van der Waals surface area contributed by atoms with Crippen molar-refractivity contribution in [3.63, 3.8) is 0 Å².